The van der Waals surface area contributed by atoms with Gasteiger partial charge in [-0.15, -0.1) is 0 Å². The van der Waals surface area contributed by atoms with Gasteiger partial charge < -0.3 is 10.3 Å². The van der Waals surface area contributed by atoms with E-state index in [1.54, 1.807) is 6.20 Å². The number of imidazole rings is 1. The van der Waals surface area contributed by atoms with Crippen molar-refractivity contribution < 1.29 is 13.2 Å². The van der Waals surface area contributed by atoms with Crippen molar-refractivity contribution in [3.63, 3.8) is 0 Å². The maximum absolute atomic E-state index is 12.4. The Bertz CT molecular complexity index is 546. The average molecular weight is 269 g/mol. The third kappa shape index (κ3) is 3.82. The second kappa shape index (κ2) is 5.44. The number of nitrogens with zero attached hydrogens (tertiary/aromatic N) is 2. The monoisotopic (exact) mass is 269 g/mol. The van der Waals surface area contributed by atoms with Crippen LogP contribution >= 0.6 is 0 Å². The first kappa shape index (κ1) is 13.6. The first-order valence-corrected chi connectivity index (χ1v) is 5.82. The van der Waals surface area contributed by atoms with Crippen LogP contribution in [0.4, 0.5) is 13.2 Å². The van der Waals surface area contributed by atoms with Crippen LogP contribution in [0, 0.1) is 0 Å². The fourth-order valence-electron chi connectivity index (χ4n) is 1.88. The molecule has 2 rings (SSSR count). The summed E-state index contributed by atoms with van der Waals surface area (Å²) >= 11 is 0. The molecule has 6 heteroatoms. The molecule has 3 nitrogen and oxygen atoms in total. The molecule has 1 heterocycles. The predicted molar refractivity (Wildman–Crippen MR) is 65.4 cm³/mol. The van der Waals surface area contributed by atoms with Crippen LogP contribution < -0.4 is 5.73 Å². The van der Waals surface area contributed by atoms with E-state index in [-0.39, 0.29) is 5.82 Å². The van der Waals surface area contributed by atoms with Gasteiger partial charge in [-0.3, -0.25) is 0 Å². The Labute approximate surface area is 108 Å². The highest BCUT2D eigenvalue weighted by Crippen LogP contribution is 2.20. The standard InChI is InChI=1S/C13H14F3N3/c14-13(15,16)7-12-18-4-5-19(12)9-11-3-1-2-10(6-11)8-17/h1-6H,7-9,17H2. The second-order valence-corrected chi connectivity index (χ2v) is 4.29. The van der Waals surface area contributed by atoms with Gasteiger partial charge in [-0.25, -0.2) is 4.98 Å². The average Bonchev–Trinajstić information content (AvgIpc) is 2.74. The lowest BCUT2D eigenvalue weighted by atomic mass is 10.1. The maximum Gasteiger partial charge on any atom is 0.396 e. The fourth-order valence-corrected chi connectivity index (χ4v) is 1.88. The second-order valence-electron chi connectivity index (χ2n) is 4.29. The molecule has 0 radical (unpaired) electrons. The van der Waals surface area contributed by atoms with E-state index in [0.29, 0.717) is 13.1 Å². The molecule has 2 aromatic rings. The molecule has 0 aliphatic heterocycles. The van der Waals surface area contributed by atoms with E-state index >= 15 is 0 Å². The molecule has 0 aliphatic carbocycles. The summed E-state index contributed by atoms with van der Waals surface area (Å²) in [6.07, 6.45) is -2.33. The van der Waals surface area contributed by atoms with E-state index in [0.717, 1.165) is 11.1 Å². The van der Waals surface area contributed by atoms with Crippen LogP contribution in [0.25, 0.3) is 0 Å². The number of hydrogen-bond donors (Lipinski definition) is 1. The smallest absolute Gasteiger partial charge is 0.330 e. The molecule has 0 saturated carbocycles. The Morgan fingerprint density at radius 2 is 1.95 bits per heavy atom. The van der Waals surface area contributed by atoms with Gasteiger partial charge in [0.05, 0.1) is 0 Å². The summed E-state index contributed by atoms with van der Waals surface area (Å²) < 4.78 is 38.7. The van der Waals surface area contributed by atoms with Crippen molar-refractivity contribution in [2.45, 2.75) is 25.7 Å². The molecule has 19 heavy (non-hydrogen) atoms. The molecule has 0 fully saturated rings. The zero-order chi connectivity index (χ0) is 13.9. The molecule has 1 aromatic carbocycles. The van der Waals surface area contributed by atoms with Gasteiger partial charge in [0, 0.05) is 25.5 Å². The molecule has 0 bridgehead atoms. The van der Waals surface area contributed by atoms with Gasteiger partial charge in [0.15, 0.2) is 0 Å². The Morgan fingerprint density at radius 1 is 1.21 bits per heavy atom. The molecule has 1 aromatic heterocycles. The Morgan fingerprint density at radius 3 is 2.63 bits per heavy atom. The number of nitrogens with two attached hydrogens (primary N) is 1. The summed E-state index contributed by atoms with van der Waals surface area (Å²) in [6.45, 7) is 0.770. The molecule has 0 spiro atoms. The minimum Gasteiger partial charge on any atom is -0.330 e. The summed E-state index contributed by atoms with van der Waals surface area (Å²) in [5.41, 5.74) is 7.40. The van der Waals surface area contributed by atoms with Crippen LogP contribution in [0.15, 0.2) is 36.7 Å². The molecule has 0 saturated heterocycles. The van der Waals surface area contributed by atoms with E-state index in [1.807, 2.05) is 24.3 Å². The van der Waals surface area contributed by atoms with E-state index in [1.165, 1.54) is 10.8 Å². The summed E-state index contributed by atoms with van der Waals surface area (Å²) in [7, 11) is 0. The zero-order valence-corrected chi connectivity index (χ0v) is 10.2. The van der Waals surface area contributed by atoms with Crippen LogP contribution in [0.5, 0.6) is 0 Å². The van der Waals surface area contributed by atoms with Gasteiger partial charge in [0.1, 0.15) is 12.2 Å². The summed E-state index contributed by atoms with van der Waals surface area (Å²) in [5, 5.41) is 0. The van der Waals surface area contributed by atoms with Crippen LogP contribution in [-0.2, 0) is 19.5 Å². The number of aromatic nitrogens is 2. The van der Waals surface area contributed by atoms with Gasteiger partial charge in [-0.2, -0.15) is 13.2 Å². The topological polar surface area (TPSA) is 43.8 Å². The quantitative estimate of drug-likeness (QED) is 0.926. The molecule has 2 N–H and O–H groups in total. The number of alkyl halides is 3. The van der Waals surface area contributed by atoms with Crippen molar-refractivity contribution in [2.75, 3.05) is 0 Å². The maximum atomic E-state index is 12.4. The molecule has 0 amide bonds. The van der Waals surface area contributed by atoms with Crippen molar-refractivity contribution in [1.82, 2.24) is 9.55 Å². The van der Waals surface area contributed by atoms with Crippen LogP contribution in [0.3, 0.4) is 0 Å². The SMILES string of the molecule is NCc1cccc(Cn2ccnc2CC(F)(F)F)c1. The Balaban J connectivity index is 2.17. The fraction of sp³-hybridized carbons (Fsp3) is 0.308. The molecular formula is C13H14F3N3. The normalized spacial score (nSPS) is 11.8. The van der Waals surface area contributed by atoms with Crippen molar-refractivity contribution in [1.29, 1.82) is 0 Å². The van der Waals surface area contributed by atoms with Gasteiger partial charge in [-0.05, 0) is 11.1 Å². The summed E-state index contributed by atoms with van der Waals surface area (Å²) in [5.74, 6) is 0.0191. The third-order valence-electron chi connectivity index (χ3n) is 2.74. The lowest BCUT2D eigenvalue weighted by molar-refractivity contribution is -0.128. The van der Waals surface area contributed by atoms with Gasteiger partial charge in [0.2, 0.25) is 0 Å². The van der Waals surface area contributed by atoms with Gasteiger partial charge in [-0.1, -0.05) is 24.3 Å². The highest BCUT2D eigenvalue weighted by atomic mass is 19.4. The Hall–Kier alpha value is -1.82. The third-order valence-corrected chi connectivity index (χ3v) is 2.74. The van der Waals surface area contributed by atoms with E-state index in [2.05, 4.69) is 4.98 Å². The van der Waals surface area contributed by atoms with Gasteiger partial charge >= 0.3 is 6.18 Å². The number of halogens is 3. The Kier molecular flexibility index (Phi) is 3.90. The van der Waals surface area contributed by atoms with Crippen LogP contribution in [0.1, 0.15) is 17.0 Å². The highest BCUT2D eigenvalue weighted by Gasteiger charge is 2.30. The number of hydrogen-bond acceptors (Lipinski definition) is 2. The number of rotatable bonds is 4. The van der Waals surface area contributed by atoms with Crippen molar-refractivity contribution in [3.8, 4) is 0 Å². The van der Waals surface area contributed by atoms with E-state index < -0.39 is 12.6 Å². The van der Waals surface area contributed by atoms with Crippen LogP contribution in [0.2, 0.25) is 0 Å². The van der Waals surface area contributed by atoms with Crippen molar-refractivity contribution in [2.24, 2.45) is 5.73 Å². The van der Waals surface area contributed by atoms with Crippen molar-refractivity contribution in [3.05, 3.63) is 53.6 Å². The lowest BCUT2D eigenvalue weighted by Gasteiger charge is -2.10. The van der Waals surface area contributed by atoms with Crippen molar-refractivity contribution >= 4 is 0 Å². The first-order chi connectivity index (χ1) is 8.98. The van der Waals surface area contributed by atoms with Gasteiger partial charge in [0.25, 0.3) is 0 Å². The molecular weight excluding hydrogens is 255 g/mol. The van der Waals surface area contributed by atoms with E-state index in [9.17, 15) is 13.2 Å². The van der Waals surface area contributed by atoms with E-state index in [4.69, 9.17) is 5.73 Å². The first-order valence-electron chi connectivity index (χ1n) is 5.82. The molecule has 0 atom stereocenters. The largest absolute Gasteiger partial charge is 0.396 e. The minimum atomic E-state index is -4.25. The zero-order valence-electron chi connectivity index (χ0n) is 10.2. The summed E-state index contributed by atoms with van der Waals surface area (Å²) in [4.78, 5) is 3.76. The minimum absolute atomic E-state index is 0.0191. The highest BCUT2D eigenvalue weighted by molar-refractivity contribution is 5.23. The predicted octanol–water partition coefficient (Wildman–Crippen LogP) is 2.49. The molecule has 0 aliphatic rings. The lowest BCUT2D eigenvalue weighted by Crippen LogP contribution is -2.16. The number of benzene rings is 1. The molecule has 102 valence electrons. The molecule has 0 unspecified atom stereocenters. The summed E-state index contributed by atoms with van der Waals surface area (Å²) in [6, 6.07) is 7.47. The van der Waals surface area contributed by atoms with Crippen LogP contribution in [-0.4, -0.2) is 15.7 Å².